The zero-order valence-corrected chi connectivity index (χ0v) is 13.6. The molecule has 4 nitrogen and oxygen atoms in total. The van der Waals surface area contributed by atoms with Gasteiger partial charge in [0.05, 0.1) is 0 Å². The first kappa shape index (κ1) is 15.2. The van der Waals surface area contributed by atoms with E-state index in [2.05, 4.69) is 10.3 Å². The molecule has 0 saturated carbocycles. The van der Waals surface area contributed by atoms with Crippen LogP contribution in [0, 0.1) is 0 Å². The van der Waals surface area contributed by atoms with E-state index < -0.39 is 0 Å². The van der Waals surface area contributed by atoms with Crippen LogP contribution in [0.15, 0.2) is 66.2 Å². The Morgan fingerprint density at radius 3 is 2.74 bits per heavy atom. The summed E-state index contributed by atoms with van der Waals surface area (Å²) in [4.78, 5) is 18.5. The Kier molecular flexibility index (Phi) is 4.68. The molecule has 1 amide bonds. The van der Waals surface area contributed by atoms with E-state index in [1.54, 1.807) is 11.1 Å². The lowest BCUT2D eigenvalue weighted by Crippen LogP contribution is -2.26. The summed E-state index contributed by atoms with van der Waals surface area (Å²) < 4.78 is 0. The summed E-state index contributed by atoms with van der Waals surface area (Å²) in [5, 5.41) is 5.92. The standard InChI is InChI=1S/C18H17N3OS/c1-21(13-14-6-3-2-4-7-14)17(22)15-8-5-9-16(12-15)20-18-19-10-11-23-18/h2-12H,13H2,1H3,(H,19,20). The normalized spacial score (nSPS) is 10.3. The molecule has 3 rings (SSSR count). The van der Waals surface area contributed by atoms with E-state index in [9.17, 15) is 4.79 Å². The average Bonchev–Trinajstić information content (AvgIpc) is 3.08. The van der Waals surface area contributed by atoms with Crippen molar-refractivity contribution in [1.29, 1.82) is 0 Å². The second-order valence-corrected chi connectivity index (χ2v) is 6.08. The molecule has 0 radical (unpaired) electrons. The van der Waals surface area contributed by atoms with Crippen LogP contribution in [0.3, 0.4) is 0 Å². The molecule has 116 valence electrons. The first-order valence-corrected chi connectivity index (χ1v) is 8.16. The van der Waals surface area contributed by atoms with E-state index in [1.807, 2.05) is 67.0 Å². The van der Waals surface area contributed by atoms with Crippen molar-refractivity contribution in [3.8, 4) is 0 Å². The minimum atomic E-state index is -0.00311. The van der Waals surface area contributed by atoms with Crippen molar-refractivity contribution in [2.24, 2.45) is 0 Å². The number of amides is 1. The molecule has 1 heterocycles. The van der Waals surface area contributed by atoms with E-state index in [-0.39, 0.29) is 5.91 Å². The van der Waals surface area contributed by atoms with Gasteiger partial charge in [0, 0.05) is 36.4 Å². The molecule has 1 N–H and O–H groups in total. The fourth-order valence-corrected chi connectivity index (χ4v) is 2.84. The van der Waals surface area contributed by atoms with Crippen molar-refractivity contribution in [3.05, 3.63) is 77.3 Å². The van der Waals surface area contributed by atoms with E-state index in [1.165, 1.54) is 11.3 Å². The third-order valence-corrected chi connectivity index (χ3v) is 4.09. The topological polar surface area (TPSA) is 45.2 Å². The zero-order chi connectivity index (χ0) is 16.1. The Morgan fingerprint density at radius 2 is 2.00 bits per heavy atom. The molecule has 0 fully saturated rings. The summed E-state index contributed by atoms with van der Waals surface area (Å²) in [5.41, 5.74) is 2.63. The summed E-state index contributed by atoms with van der Waals surface area (Å²) in [6.45, 7) is 0.587. The van der Waals surface area contributed by atoms with Crippen molar-refractivity contribution in [3.63, 3.8) is 0 Å². The Morgan fingerprint density at radius 1 is 1.17 bits per heavy atom. The molecule has 2 aromatic carbocycles. The zero-order valence-electron chi connectivity index (χ0n) is 12.8. The number of carbonyl (C=O) groups excluding carboxylic acids is 1. The van der Waals surface area contributed by atoms with E-state index >= 15 is 0 Å². The molecule has 23 heavy (non-hydrogen) atoms. The molecule has 0 saturated heterocycles. The largest absolute Gasteiger partial charge is 0.337 e. The summed E-state index contributed by atoms with van der Waals surface area (Å²) >= 11 is 1.52. The SMILES string of the molecule is CN(Cc1ccccc1)C(=O)c1cccc(Nc2nccs2)c1. The van der Waals surface area contributed by atoms with Crippen LogP contribution in [-0.4, -0.2) is 22.8 Å². The van der Waals surface area contributed by atoms with Crippen LogP contribution < -0.4 is 5.32 Å². The lowest BCUT2D eigenvalue weighted by Gasteiger charge is -2.17. The van der Waals surface area contributed by atoms with Gasteiger partial charge in [-0.3, -0.25) is 4.79 Å². The number of aromatic nitrogens is 1. The molecule has 0 bridgehead atoms. The van der Waals surface area contributed by atoms with Gasteiger partial charge in [0.25, 0.3) is 5.91 Å². The van der Waals surface area contributed by atoms with E-state index in [0.29, 0.717) is 12.1 Å². The van der Waals surface area contributed by atoms with Crippen LogP contribution in [-0.2, 0) is 6.54 Å². The molecular weight excluding hydrogens is 306 g/mol. The predicted octanol–water partition coefficient (Wildman–Crippen LogP) is 4.16. The lowest BCUT2D eigenvalue weighted by atomic mass is 10.1. The fraction of sp³-hybridized carbons (Fsp3) is 0.111. The molecule has 0 aliphatic carbocycles. The number of anilines is 2. The number of nitrogens with zero attached hydrogens (tertiary/aromatic N) is 2. The van der Waals surface area contributed by atoms with Crippen molar-refractivity contribution in [1.82, 2.24) is 9.88 Å². The van der Waals surface area contributed by atoms with Crippen LogP contribution in [0.5, 0.6) is 0 Å². The maximum Gasteiger partial charge on any atom is 0.253 e. The maximum absolute atomic E-state index is 12.6. The highest BCUT2D eigenvalue weighted by Gasteiger charge is 2.12. The van der Waals surface area contributed by atoms with Crippen molar-refractivity contribution in [2.45, 2.75) is 6.54 Å². The molecule has 0 atom stereocenters. The van der Waals surface area contributed by atoms with Crippen LogP contribution >= 0.6 is 11.3 Å². The molecule has 5 heteroatoms. The van der Waals surface area contributed by atoms with Gasteiger partial charge in [0.1, 0.15) is 0 Å². The summed E-state index contributed by atoms with van der Waals surface area (Å²) in [7, 11) is 1.82. The third kappa shape index (κ3) is 3.96. The predicted molar refractivity (Wildman–Crippen MR) is 94.1 cm³/mol. The highest BCUT2D eigenvalue weighted by Crippen LogP contribution is 2.20. The molecule has 3 aromatic rings. The van der Waals surface area contributed by atoms with E-state index in [0.717, 1.165) is 16.4 Å². The Balaban J connectivity index is 1.71. The Hall–Kier alpha value is -2.66. The van der Waals surface area contributed by atoms with Crippen LogP contribution in [0.25, 0.3) is 0 Å². The first-order valence-electron chi connectivity index (χ1n) is 7.28. The van der Waals surface area contributed by atoms with Gasteiger partial charge in [0.15, 0.2) is 5.13 Å². The lowest BCUT2D eigenvalue weighted by molar-refractivity contribution is 0.0785. The average molecular weight is 323 g/mol. The number of rotatable bonds is 5. The van der Waals surface area contributed by atoms with Crippen molar-refractivity contribution < 1.29 is 4.79 Å². The van der Waals surface area contributed by atoms with Crippen molar-refractivity contribution in [2.75, 3.05) is 12.4 Å². The summed E-state index contributed by atoms with van der Waals surface area (Å²) in [6, 6.07) is 17.4. The highest BCUT2D eigenvalue weighted by atomic mass is 32.1. The number of carbonyl (C=O) groups is 1. The molecule has 1 aromatic heterocycles. The monoisotopic (exact) mass is 323 g/mol. The van der Waals surface area contributed by atoms with Crippen LogP contribution in [0.1, 0.15) is 15.9 Å². The van der Waals surface area contributed by atoms with Gasteiger partial charge in [-0.1, -0.05) is 36.4 Å². The second-order valence-electron chi connectivity index (χ2n) is 5.19. The highest BCUT2D eigenvalue weighted by molar-refractivity contribution is 7.13. The quantitative estimate of drug-likeness (QED) is 0.767. The van der Waals surface area contributed by atoms with Gasteiger partial charge >= 0.3 is 0 Å². The van der Waals surface area contributed by atoms with Gasteiger partial charge in [-0.15, -0.1) is 11.3 Å². The summed E-state index contributed by atoms with van der Waals surface area (Å²) in [5.74, 6) is -0.00311. The molecule has 0 spiro atoms. The van der Waals surface area contributed by atoms with Gasteiger partial charge in [-0.05, 0) is 23.8 Å². The number of nitrogens with one attached hydrogen (secondary N) is 1. The van der Waals surface area contributed by atoms with Crippen LogP contribution in [0.4, 0.5) is 10.8 Å². The van der Waals surface area contributed by atoms with Gasteiger partial charge < -0.3 is 10.2 Å². The van der Waals surface area contributed by atoms with Crippen LogP contribution in [0.2, 0.25) is 0 Å². The number of hydrogen-bond acceptors (Lipinski definition) is 4. The summed E-state index contributed by atoms with van der Waals surface area (Å²) in [6.07, 6.45) is 1.75. The fourth-order valence-electron chi connectivity index (χ4n) is 2.29. The molecular formula is C18H17N3OS. The molecule has 0 aliphatic heterocycles. The van der Waals surface area contributed by atoms with Gasteiger partial charge in [-0.2, -0.15) is 0 Å². The van der Waals surface area contributed by atoms with Gasteiger partial charge in [-0.25, -0.2) is 4.98 Å². The second kappa shape index (κ2) is 7.07. The maximum atomic E-state index is 12.6. The number of hydrogen-bond donors (Lipinski definition) is 1. The number of thiazole rings is 1. The third-order valence-electron chi connectivity index (χ3n) is 3.40. The Labute approximate surface area is 139 Å². The van der Waals surface area contributed by atoms with Gasteiger partial charge in [0.2, 0.25) is 0 Å². The van der Waals surface area contributed by atoms with E-state index in [4.69, 9.17) is 0 Å². The first-order chi connectivity index (χ1) is 11.2. The molecule has 0 unspecified atom stereocenters. The Bertz CT molecular complexity index is 772. The van der Waals surface area contributed by atoms with Crippen molar-refractivity contribution >= 4 is 28.1 Å². The molecule has 0 aliphatic rings. The smallest absolute Gasteiger partial charge is 0.253 e. The minimum absolute atomic E-state index is 0.00311. The number of benzene rings is 2. The minimum Gasteiger partial charge on any atom is -0.337 e.